The maximum absolute atomic E-state index is 13.0. The highest BCUT2D eigenvalue weighted by molar-refractivity contribution is 6.30. The van der Waals surface area contributed by atoms with E-state index in [0.29, 0.717) is 19.4 Å². The summed E-state index contributed by atoms with van der Waals surface area (Å²) in [5.74, 6) is 0.157. The summed E-state index contributed by atoms with van der Waals surface area (Å²) in [6.45, 7) is 11.4. The zero-order chi connectivity index (χ0) is 22.7. The normalized spacial score (nSPS) is 17.1. The van der Waals surface area contributed by atoms with Crippen molar-refractivity contribution in [3.8, 4) is 6.07 Å². The molecule has 0 aliphatic carbocycles. The predicted octanol–water partition coefficient (Wildman–Crippen LogP) is 4.14. The Labute approximate surface area is 181 Å². The van der Waals surface area contributed by atoms with Crippen molar-refractivity contribution in [1.82, 2.24) is 14.9 Å². The lowest BCUT2D eigenvalue weighted by Gasteiger charge is -2.39. The molecule has 0 bridgehead atoms. The van der Waals surface area contributed by atoms with Crippen LogP contribution in [0.1, 0.15) is 60.1 Å². The summed E-state index contributed by atoms with van der Waals surface area (Å²) < 4.78 is 11.0. The third-order valence-corrected chi connectivity index (χ3v) is 4.34. The molecule has 1 aromatic heterocycles. The van der Waals surface area contributed by atoms with Crippen molar-refractivity contribution in [3.63, 3.8) is 0 Å². The number of nitrogens with zero attached hydrogens (tertiary/aromatic N) is 5. The maximum atomic E-state index is 13.0. The number of hydrogen-bond acceptors (Lipinski definition) is 7. The SMILES string of the molecule is CC(C)(C)OC(=O)N1CCC[C@@H](N(C(=O)OC(C)(C)C)c2cnc(C#N)c(Cl)n2)C1. The summed E-state index contributed by atoms with van der Waals surface area (Å²) in [6.07, 6.45) is 1.52. The molecule has 9 nitrogen and oxygen atoms in total. The number of aromatic nitrogens is 2. The molecule has 0 N–H and O–H groups in total. The summed E-state index contributed by atoms with van der Waals surface area (Å²) in [6, 6.07) is 1.43. The van der Waals surface area contributed by atoms with Crippen LogP contribution in [0.25, 0.3) is 0 Å². The molecule has 1 aliphatic rings. The van der Waals surface area contributed by atoms with Crippen LogP contribution in [0.3, 0.4) is 0 Å². The summed E-state index contributed by atoms with van der Waals surface area (Å²) in [7, 11) is 0. The first kappa shape index (κ1) is 23.7. The molecule has 0 unspecified atom stereocenters. The van der Waals surface area contributed by atoms with Gasteiger partial charge in [-0.1, -0.05) is 11.6 Å². The molecule has 0 aromatic carbocycles. The fourth-order valence-electron chi connectivity index (χ4n) is 2.95. The van der Waals surface area contributed by atoms with E-state index in [1.54, 1.807) is 46.4 Å². The molecule has 0 radical (unpaired) electrons. The minimum atomic E-state index is -0.737. The van der Waals surface area contributed by atoms with Crippen molar-refractivity contribution in [1.29, 1.82) is 5.26 Å². The van der Waals surface area contributed by atoms with Crippen LogP contribution in [-0.4, -0.2) is 57.4 Å². The predicted molar refractivity (Wildman–Crippen MR) is 111 cm³/mol. The Morgan fingerprint density at radius 2 is 1.87 bits per heavy atom. The number of carbonyl (C=O) groups is 2. The molecule has 0 saturated carbocycles. The average Bonchev–Trinajstić information content (AvgIpc) is 2.59. The standard InChI is InChI=1S/C20H28ClN5O4/c1-19(2,3)29-17(27)25-9-7-8-13(12-25)26(18(28)30-20(4,5)6)15-11-23-14(10-22)16(21)24-15/h11,13H,7-9,12H2,1-6H3/t13-/m1/s1. The van der Waals surface area contributed by atoms with Gasteiger partial charge in [-0.2, -0.15) is 5.26 Å². The van der Waals surface area contributed by atoms with Crippen molar-refractivity contribution >= 4 is 29.6 Å². The van der Waals surface area contributed by atoms with E-state index in [1.165, 1.54) is 11.1 Å². The molecule has 164 valence electrons. The van der Waals surface area contributed by atoms with E-state index in [0.717, 1.165) is 0 Å². The number of ether oxygens (including phenoxy) is 2. The van der Waals surface area contributed by atoms with Gasteiger partial charge in [0.05, 0.1) is 12.2 Å². The van der Waals surface area contributed by atoms with Gasteiger partial charge < -0.3 is 14.4 Å². The molecule has 1 fully saturated rings. The van der Waals surface area contributed by atoms with Gasteiger partial charge in [-0.15, -0.1) is 0 Å². The second-order valence-electron chi connectivity index (χ2n) is 9.05. The molecule has 2 amide bonds. The lowest BCUT2D eigenvalue weighted by molar-refractivity contribution is 0.0182. The van der Waals surface area contributed by atoms with Crippen molar-refractivity contribution < 1.29 is 19.1 Å². The second-order valence-corrected chi connectivity index (χ2v) is 9.41. The molecule has 0 spiro atoms. The zero-order valence-electron chi connectivity index (χ0n) is 18.2. The summed E-state index contributed by atoms with van der Waals surface area (Å²) >= 11 is 6.04. The Hall–Kier alpha value is -2.60. The van der Waals surface area contributed by atoms with Gasteiger partial charge in [-0.3, -0.25) is 4.90 Å². The van der Waals surface area contributed by atoms with Crippen molar-refractivity contribution in [3.05, 3.63) is 17.0 Å². The molecule has 10 heteroatoms. The van der Waals surface area contributed by atoms with Crippen LogP contribution >= 0.6 is 11.6 Å². The lowest BCUT2D eigenvalue weighted by atomic mass is 10.0. The third-order valence-electron chi connectivity index (χ3n) is 4.07. The Balaban J connectivity index is 2.34. The summed E-state index contributed by atoms with van der Waals surface area (Å²) in [5.41, 5.74) is -1.40. The highest BCUT2D eigenvalue weighted by Gasteiger charge is 2.36. The molecular formula is C20H28ClN5O4. The van der Waals surface area contributed by atoms with E-state index in [4.69, 9.17) is 26.3 Å². The third kappa shape index (κ3) is 6.46. The lowest BCUT2D eigenvalue weighted by Crippen LogP contribution is -2.54. The largest absolute Gasteiger partial charge is 0.444 e. The molecule has 1 saturated heterocycles. The van der Waals surface area contributed by atoms with Crippen LogP contribution in [0.5, 0.6) is 0 Å². The van der Waals surface area contributed by atoms with Crippen molar-refractivity contribution in [2.45, 2.75) is 71.6 Å². The first-order valence-corrected chi connectivity index (χ1v) is 10.1. The molecule has 1 aliphatic heterocycles. The molecule has 1 aromatic rings. The fraction of sp³-hybridized carbons (Fsp3) is 0.650. The molecule has 2 rings (SSSR count). The van der Waals surface area contributed by atoms with E-state index in [-0.39, 0.29) is 23.2 Å². The quantitative estimate of drug-likeness (QED) is 0.683. The van der Waals surface area contributed by atoms with Gasteiger partial charge in [0.25, 0.3) is 0 Å². The Bertz CT molecular complexity index is 841. The molecule has 30 heavy (non-hydrogen) atoms. The number of rotatable bonds is 2. The molecule has 1 atom stereocenters. The van der Waals surface area contributed by atoms with Gasteiger partial charge in [0, 0.05) is 13.1 Å². The minimum Gasteiger partial charge on any atom is -0.444 e. The summed E-state index contributed by atoms with van der Waals surface area (Å²) in [4.78, 5) is 36.6. The van der Waals surface area contributed by atoms with Crippen LogP contribution in [0.2, 0.25) is 5.15 Å². The highest BCUT2D eigenvalue weighted by atomic mass is 35.5. The van der Waals surface area contributed by atoms with Crippen molar-refractivity contribution in [2.24, 2.45) is 0 Å². The number of hydrogen-bond donors (Lipinski definition) is 0. The van der Waals surface area contributed by atoms with E-state index < -0.39 is 29.4 Å². The number of carbonyl (C=O) groups excluding carboxylic acids is 2. The average molecular weight is 438 g/mol. The number of nitriles is 1. The smallest absolute Gasteiger partial charge is 0.416 e. The van der Waals surface area contributed by atoms with Gasteiger partial charge in [0.1, 0.15) is 17.3 Å². The Morgan fingerprint density at radius 1 is 1.23 bits per heavy atom. The summed E-state index contributed by atoms with van der Waals surface area (Å²) in [5, 5.41) is 8.94. The number of anilines is 1. The highest BCUT2D eigenvalue weighted by Crippen LogP contribution is 2.26. The minimum absolute atomic E-state index is 0.0384. The van der Waals surface area contributed by atoms with Crippen LogP contribution < -0.4 is 4.90 Å². The topological polar surface area (TPSA) is 109 Å². The van der Waals surface area contributed by atoms with Gasteiger partial charge >= 0.3 is 12.2 Å². The Morgan fingerprint density at radius 3 is 2.40 bits per heavy atom. The molecular weight excluding hydrogens is 410 g/mol. The first-order chi connectivity index (χ1) is 13.8. The molecule has 2 heterocycles. The number of halogens is 1. The fourth-order valence-corrected chi connectivity index (χ4v) is 3.13. The van der Waals surface area contributed by atoms with Crippen LogP contribution in [0.4, 0.5) is 15.4 Å². The van der Waals surface area contributed by atoms with Gasteiger partial charge in [0.15, 0.2) is 16.7 Å². The van der Waals surface area contributed by atoms with Crippen LogP contribution in [0.15, 0.2) is 6.20 Å². The first-order valence-electron chi connectivity index (χ1n) is 9.73. The van der Waals surface area contributed by atoms with E-state index in [1.807, 2.05) is 6.07 Å². The van der Waals surface area contributed by atoms with Crippen molar-refractivity contribution in [2.75, 3.05) is 18.0 Å². The number of piperidine rings is 1. The van der Waals surface area contributed by atoms with Crippen LogP contribution in [0, 0.1) is 11.3 Å². The van der Waals surface area contributed by atoms with Crippen LogP contribution in [-0.2, 0) is 9.47 Å². The Kier molecular flexibility index (Phi) is 7.14. The van der Waals surface area contributed by atoms with E-state index in [2.05, 4.69) is 9.97 Å². The number of amides is 2. The van der Waals surface area contributed by atoms with E-state index >= 15 is 0 Å². The number of likely N-dealkylation sites (tertiary alicyclic amines) is 1. The zero-order valence-corrected chi connectivity index (χ0v) is 19.0. The van der Waals surface area contributed by atoms with E-state index in [9.17, 15) is 9.59 Å². The van der Waals surface area contributed by atoms with Gasteiger partial charge in [0.2, 0.25) is 0 Å². The maximum Gasteiger partial charge on any atom is 0.416 e. The van der Waals surface area contributed by atoms with Gasteiger partial charge in [-0.25, -0.2) is 19.6 Å². The van der Waals surface area contributed by atoms with Gasteiger partial charge in [-0.05, 0) is 54.4 Å². The monoisotopic (exact) mass is 437 g/mol. The second kappa shape index (κ2) is 9.04.